The first-order valence-corrected chi connectivity index (χ1v) is 8.17. The number of anilines is 2. The molecule has 3 aromatic rings. The van der Waals surface area contributed by atoms with E-state index in [9.17, 15) is 4.79 Å². The third-order valence-electron chi connectivity index (χ3n) is 3.50. The van der Waals surface area contributed by atoms with Gasteiger partial charge in [0.2, 0.25) is 0 Å². The Morgan fingerprint density at radius 3 is 2.44 bits per heavy atom. The highest BCUT2D eigenvalue weighted by Gasteiger charge is 2.19. The van der Waals surface area contributed by atoms with E-state index in [-0.39, 0.29) is 5.95 Å². The second-order valence-electron chi connectivity index (χ2n) is 5.03. The van der Waals surface area contributed by atoms with E-state index in [4.69, 9.17) is 29.0 Å². The van der Waals surface area contributed by atoms with Crippen LogP contribution in [0, 0.1) is 0 Å². The van der Waals surface area contributed by atoms with Gasteiger partial charge in [0.25, 0.3) is 5.95 Å². The van der Waals surface area contributed by atoms with Crippen molar-refractivity contribution in [1.82, 2.24) is 19.5 Å². The van der Waals surface area contributed by atoms with Gasteiger partial charge in [-0.15, -0.1) is 0 Å². The first-order valence-electron chi connectivity index (χ1n) is 7.42. The molecule has 2 N–H and O–H groups in total. The third kappa shape index (κ3) is 3.34. The number of aromatic nitrogens is 4. The molecule has 7 nitrogen and oxygen atoms in total. The van der Waals surface area contributed by atoms with Crippen LogP contribution in [0.15, 0.2) is 47.4 Å². The van der Waals surface area contributed by atoms with Gasteiger partial charge in [0.05, 0.1) is 15.6 Å². The first-order chi connectivity index (χ1) is 12.0. The van der Waals surface area contributed by atoms with Crippen LogP contribution in [0.4, 0.5) is 11.8 Å². The molecule has 3 rings (SSSR count). The number of hydrazine groups is 1. The molecule has 0 saturated heterocycles. The van der Waals surface area contributed by atoms with Gasteiger partial charge in [-0.05, 0) is 31.2 Å². The number of hydrogen-bond donors (Lipinski definition) is 1. The lowest BCUT2D eigenvalue weighted by atomic mass is 10.2. The summed E-state index contributed by atoms with van der Waals surface area (Å²) in [5.74, 6) is 6.72. The van der Waals surface area contributed by atoms with Gasteiger partial charge in [0.15, 0.2) is 5.82 Å². The molecule has 0 bridgehead atoms. The number of hydrogen-bond acceptors (Lipinski definition) is 6. The monoisotopic (exact) mass is 376 g/mol. The highest BCUT2D eigenvalue weighted by atomic mass is 35.5. The van der Waals surface area contributed by atoms with Crippen LogP contribution in [-0.4, -0.2) is 19.5 Å². The van der Waals surface area contributed by atoms with E-state index in [2.05, 4.69) is 15.0 Å². The molecule has 0 aliphatic rings. The molecule has 128 valence electrons. The third-order valence-corrected chi connectivity index (χ3v) is 4.13. The van der Waals surface area contributed by atoms with Crippen LogP contribution >= 0.6 is 23.2 Å². The van der Waals surface area contributed by atoms with Crippen molar-refractivity contribution in [3.63, 3.8) is 0 Å². The molecule has 2 heterocycles. The summed E-state index contributed by atoms with van der Waals surface area (Å²) in [4.78, 5) is 24.9. The molecule has 0 aliphatic heterocycles. The lowest BCUT2D eigenvalue weighted by Crippen LogP contribution is -2.34. The number of halogens is 2. The fourth-order valence-corrected chi connectivity index (χ4v) is 2.88. The molecule has 0 aliphatic carbocycles. The van der Waals surface area contributed by atoms with Gasteiger partial charge in [-0.25, -0.2) is 20.6 Å². The minimum Gasteiger partial charge on any atom is -0.276 e. The summed E-state index contributed by atoms with van der Waals surface area (Å²) in [5.41, 5.74) is -0.0623. The predicted octanol–water partition coefficient (Wildman–Crippen LogP) is 3.04. The zero-order valence-electron chi connectivity index (χ0n) is 13.2. The average molecular weight is 377 g/mol. The fourth-order valence-electron chi connectivity index (χ4n) is 2.31. The number of pyridine rings is 1. The molecule has 9 heteroatoms. The Kier molecular flexibility index (Phi) is 4.98. The Labute approximate surface area is 153 Å². The average Bonchev–Trinajstić information content (AvgIpc) is 2.61. The Hall–Kier alpha value is -2.48. The normalized spacial score (nSPS) is 10.7. The highest BCUT2D eigenvalue weighted by Crippen LogP contribution is 2.33. The lowest BCUT2D eigenvalue weighted by Gasteiger charge is -2.18. The standard InChI is InChI=1S/C16H14Cl2N6O/c1-2-23-14(13-10(17)6-5-7-11(13)18)21-15(22-16(23)25)24(19)12-8-3-4-9-20-12/h3-9H,2,19H2,1H3. The zero-order chi connectivity index (χ0) is 18.0. The Bertz CT molecular complexity index is 940. The van der Waals surface area contributed by atoms with Crippen LogP contribution in [0.25, 0.3) is 11.4 Å². The van der Waals surface area contributed by atoms with Gasteiger partial charge in [-0.2, -0.15) is 9.97 Å². The molecule has 0 unspecified atom stereocenters. The van der Waals surface area contributed by atoms with Crippen LogP contribution in [0.5, 0.6) is 0 Å². The second kappa shape index (κ2) is 7.18. The molecule has 2 aromatic heterocycles. The Morgan fingerprint density at radius 2 is 1.84 bits per heavy atom. The smallest absolute Gasteiger partial charge is 0.276 e. The zero-order valence-corrected chi connectivity index (χ0v) is 14.7. The summed E-state index contributed by atoms with van der Waals surface area (Å²) >= 11 is 12.6. The topological polar surface area (TPSA) is 89.9 Å². The van der Waals surface area contributed by atoms with E-state index in [1.165, 1.54) is 4.57 Å². The molecule has 0 saturated carbocycles. The number of nitrogens with zero attached hydrogens (tertiary/aromatic N) is 5. The minimum atomic E-state index is -0.509. The van der Waals surface area contributed by atoms with Gasteiger partial charge in [-0.3, -0.25) is 4.57 Å². The van der Waals surface area contributed by atoms with E-state index in [0.29, 0.717) is 33.8 Å². The quantitative estimate of drug-likeness (QED) is 0.555. The molecular formula is C16H14Cl2N6O. The molecule has 0 atom stereocenters. The molecule has 0 spiro atoms. The first kappa shape index (κ1) is 17.3. The molecule has 0 amide bonds. The van der Waals surface area contributed by atoms with Crippen molar-refractivity contribution in [1.29, 1.82) is 0 Å². The van der Waals surface area contributed by atoms with E-state index >= 15 is 0 Å². The van der Waals surface area contributed by atoms with Gasteiger partial charge < -0.3 is 0 Å². The largest absolute Gasteiger partial charge is 0.352 e. The van der Waals surface area contributed by atoms with Gasteiger partial charge in [0.1, 0.15) is 5.82 Å². The van der Waals surface area contributed by atoms with Crippen LogP contribution in [-0.2, 0) is 6.54 Å². The van der Waals surface area contributed by atoms with E-state index in [1.54, 1.807) is 49.5 Å². The molecule has 0 radical (unpaired) electrons. The summed E-state index contributed by atoms with van der Waals surface area (Å²) in [6.45, 7) is 2.15. The number of rotatable bonds is 4. The van der Waals surface area contributed by atoms with Crippen LogP contribution in [0.1, 0.15) is 6.92 Å². The lowest BCUT2D eigenvalue weighted by molar-refractivity contribution is 0.681. The Morgan fingerprint density at radius 1 is 1.12 bits per heavy atom. The molecule has 1 aromatic carbocycles. The fraction of sp³-hybridized carbons (Fsp3) is 0.125. The summed E-state index contributed by atoms with van der Waals surface area (Å²) in [6, 6.07) is 10.3. The van der Waals surface area contributed by atoms with Crippen LogP contribution < -0.4 is 16.5 Å². The van der Waals surface area contributed by atoms with Crippen molar-refractivity contribution < 1.29 is 0 Å². The Balaban J connectivity index is 2.22. The van der Waals surface area contributed by atoms with Gasteiger partial charge in [0, 0.05) is 12.7 Å². The molecule has 25 heavy (non-hydrogen) atoms. The second-order valence-corrected chi connectivity index (χ2v) is 5.84. The maximum atomic E-state index is 12.4. The van der Waals surface area contributed by atoms with Crippen molar-refractivity contribution in [2.75, 3.05) is 5.01 Å². The van der Waals surface area contributed by atoms with Crippen molar-refractivity contribution in [3.05, 3.63) is 63.1 Å². The summed E-state index contributed by atoms with van der Waals surface area (Å²) in [5, 5.41) is 1.88. The van der Waals surface area contributed by atoms with E-state index in [1.807, 2.05) is 0 Å². The van der Waals surface area contributed by atoms with Crippen molar-refractivity contribution in [2.45, 2.75) is 13.5 Å². The summed E-state index contributed by atoms with van der Waals surface area (Å²) in [6.07, 6.45) is 1.58. The predicted molar refractivity (Wildman–Crippen MR) is 98.0 cm³/mol. The van der Waals surface area contributed by atoms with Crippen LogP contribution in [0.3, 0.4) is 0 Å². The molecular weight excluding hydrogens is 363 g/mol. The van der Waals surface area contributed by atoms with Gasteiger partial charge >= 0.3 is 5.69 Å². The summed E-state index contributed by atoms with van der Waals surface area (Å²) < 4.78 is 1.38. The minimum absolute atomic E-state index is 0.000568. The maximum absolute atomic E-state index is 12.4. The number of nitrogens with two attached hydrogens (primary N) is 1. The SMILES string of the molecule is CCn1c(-c2c(Cl)cccc2Cl)nc(N(N)c2ccccn2)nc1=O. The number of benzene rings is 1. The highest BCUT2D eigenvalue weighted by molar-refractivity contribution is 6.39. The van der Waals surface area contributed by atoms with Crippen molar-refractivity contribution in [3.8, 4) is 11.4 Å². The van der Waals surface area contributed by atoms with Gasteiger partial charge in [-0.1, -0.05) is 35.3 Å². The molecule has 0 fully saturated rings. The van der Waals surface area contributed by atoms with Crippen molar-refractivity contribution >= 4 is 35.0 Å². The van der Waals surface area contributed by atoms with Crippen LogP contribution in [0.2, 0.25) is 10.0 Å². The van der Waals surface area contributed by atoms with E-state index < -0.39 is 5.69 Å². The van der Waals surface area contributed by atoms with E-state index in [0.717, 1.165) is 5.01 Å². The van der Waals surface area contributed by atoms with Crippen molar-refractivity contribution in [2.24, 2.45) is 5.84 Å². The maximum Gasteiger partial charge on any atom is 0.352 e. The summed E-state index contributed by atoms with van der Waals surface area (Å²) in [7, 11) is 0.